The maximum Gasteiger partial charge on any atom is 0.193 e. The summed E-state index contributed by atoms with van der Waals surface area (Å²) in [7, 11) is 0. The van der Waals surface area contributed by atoms with Gasteiger partial charge in [-0.15, -0.1) is 0 Å². The molecule has 0 saturated carbocycles. The molecule has 0 amide bonds. The van der Waals surface area contributed by atoms with E-state index < -0.39 is 0 Å². The molecular weight excluding hydrogens is 207 g/mol. The molecule has 0 aliphatic carbocycles. The van der Waals surface area contributed by atoms with E-state index in [-0.39, 0.29) is 11.2 Å². The quantitative estimate of drug-likeness (QED) is 0.736. The zero-order valence-corrected chi connectivity index (χ0v) is 9.08. The van der Waals surface area contributed by atoms with Gasteiger partial charge in [0.1, 0.15) is 17.3 Å². The Morgan fingerprint density at radius 3 is 2.31 bits per heavy atom. The molecule has 0 aliphatic heterocycles. The van der Waals surface area contributed by atoms with E-state index in [1.54, 1.807) is 26.0 Å². The first kappa shape index (κ1) is 10.6. The first-order valence-corrected chi connectivity index (χ1v) is 4.95. The van der Waals surface area contributed by atoms with Crippen LogP contribution in [0.4, 0.5) is 4.39 Å². The van der Waals surface area contributed by atoms with Gasteiger partial charge < -0.3 is 4.42 Å². The molecule has 0 aliphatic rings. The number of rotatable bonds is 1. The van der Waals surface area contributed by atoms with Crippen LogP contribution in [0.25, 0.3) is 11.1 Å². The lowest BCUT2D eigenvalue weighted by Crippen LogP contribution is -2.06. The molecule has 1 aromatic heterocycles. The van der Waals surface area contributed by atoms with Crippen molar-refractivity contribution in [3.05, 3.63) is 57.9 Å². The van der Waals surface area contributed by atoms with Crippen LogP contribution in [-0.4, -0.2) is 0 Å². The van der Waals surface area contributed by atoms with Crippen molar-refractivity contribution in [2.45, 2.75) is 13.8 Å². The molecule has 2 aromatic rings. The van der Waals surface area contributed by atoms with Gasteiger partial charge in [-0.25, -0.2) is 4.39 Å². The van der Waals surface area contributed by atoms with Crippen LogP contribution in [0.15, 0.2) is 39.5 Å². The molecule has 2 nitrogen and oxygen atoms in total. The van der Waals surface area contributed by atoms with E-state index in [1.165, 1.54) is 18.2 Å². The lowest BCUT2D eigenvalue weighted by molar-refractivity contribution is 0.486. The van der Waals surface area contributed by atoms with Crippen LogP contribution in [0, 0.1) is 19.7 Å². The molecule has 0 fully saturated rings. The Labute approximate surface area is 92.4 Å². The molecule has 0 unspecified atom stereocenters. The minimum absolute atomic E-state index is 0.104. The molecular formula is C13H11FO2. The summed E-state index contributed by atoms with van der Waals surface area (Å²) < 4.78 is 18.1. The molecule has 82 valence electrons. The Morgan fingerprint density at radius 2 is 1.75 bits per heavy atom. The average molecular weight is 218 g/mol. The molecule has 3 heteroatoms. The maximum absolute atomic E-state index is 12.8. The van der Waals surface area contributed by atoms with E-state index in [0.29, 0.717) is 22.6 Å². The van der Waals surface area contributed by atoms with E-state index in [9.17, 15) is 9.18 Å². The summed E-state index contributed by atoms with van der Waals surface area (Å²) in [5.41, 5.74) is 1.06. The Morgan fingerprint density at radius 1 is 1.12 bits per heavy atom. The summed E-state index contributed by atoms with van der Waals surface area (Å²) in [5, 5.41) is 0. The van der Waals surface area contributed by atoms with Crippen LogP contribution in [0.3, 0.4) is 0 Å². The van der Waals surface area contributed by atoms with Crippen LogP contribution in [0.2, 0.25) is 0 Å². The first-order chi connectivity index (χ1) is 7.58. The second-order valence-corrected chi connectivity index (χ2v) is 3.66. The maximum atomic E-state index is 12.8. The van der Waals surface area contributed by atoms with Crippen molar-refractivity contribution in [2.75, 3.05) is 0 Å². The monoisotopic (exact) mass is 218 g/mol. The van der Waals surface area contributed by atoms with E-state index in [0.717, 1.165) is 0 Å². The Bertz CT molecular complexity index is 567. The van der Waals surface area contributed by atoms with Gasteiger partial charge in [0.2, 0.25) is 0 Å². The minimum atomic E-state index is -0.321. The van der Waals surface area contributed by atoms with E-state index in [4.69, 9.17) is 4.42 Å². The average Bonchev–Trinajstić information content (AvgIpc) is 2.19. The number of benzene rings is 1. The molecule has 0 radical (unpaired) electrons. The number of hydrogen-bond acceptors (Lipinski definition) is 2. The molecule has 2 rings (SSSR count). The van der Waals surface area contributed by atoms with Gasteiger partial charge in [0.15, 0.2) is 5.43 Å². The van der Waals surface area contributed by atoms with E-state index in [1.807, 2.05) is 0 Å². The highest BCUT2D eigenvalue weighted by molar-refractivity contribution is 5.64. The normalized spacial score (nSPS) is 10.4. The third-order valence-electron chi connectivity index (χ3n) is 2.38. The minimum Gasteiger partial charge on any atom is -0.466 e. The van der Waals surface area contributed by atoms with Crippen molar-refractivity contribution in [1.29, 1.82) is 0 Å². The number of halogens is 1. The second-order valence-electron chi connectivity index (χ2n) is 3.66. The van der Waals surface area contributed by atoms with Crippen molar-refractivity contribution in [2.24, 2.45) is 0 Å². The number of hydrogen-bond donors (Lipinski definition) is 0. The third-order valence-corrected chi connectivity index (χ3v) is 2.38. The predicted molar refractivity (Wildman–Crippen MR) is 59.8 cm³/mol. The van der Waals surface area contributed by atoms with Gasteiger partial charge in [0.25, 0.3) is 0 Å². The standard InChI is InChI=1S/C13H11FO2/c1-8-7-12(15)13(9(2)16-8)10-3-5-11(14)6-4-10/h3-7H,1-2H3. The molecule has 0 saturated heterocycles. The summed E-state index contributed by atoms with van der Waals surface area (Å²) in [4.78, 5) is 11.8. The van der Waals surface area contributed by atoms with Crippen LogP contribution in [-0.2, 0) is 0 Å². The van der Waals surface area contributed by atoms with Crippen molar-refractivity contribution in [3.63, 3.8) is 0 Å². The highest BCUT2D eigenvalue weighted by atomic mass is 19.1. The smallest absolute Gasteiger partial charge is 0.193 e. The summed E-state index contributed by atoms with van der Waals surface area (Å²) in [6.45, 7) is 3.45. The molecule has 0 spiro atoms. The van der Waals surface area contributed by atoms with E-state index >= 15 is 0 Å². The predicted octanol–water partition coefficient (Wildman–Crippen LogP) is 3.06. The summed E-state index contributed by atoms with van der Waals surface area (Å²) in [5.74, 6) is 0.808. The Hall–Kier alpha value is -1.90. The first-order valence-electron chi connectivity index (χ1n) is 4.95. The molecule has 0 bridgehead atoms. The molecule has 0 N–H and O–H groups in total. The fourth-order valence-corrected chi connectivity index (χ4v) is 1.71. The van der Waals surface area contributed by atoms with Crippen molar-refractivity contribution in [1.82, 2.24) is 0 Å². The van der Waals surface area contributed by atoms with Crippen LogP contribution >= 0.6 is 0 Å². The largest absolute Gasteiger partial charge is 0.466 e. The van der Waals surface area contributed by atoms with Crippen LogP contribution in [0.1, 0.15) is 11.5 Å². The van der Waals surface area contributed by atoms with Crippen molar-refractivity contribution >= 4 is 0 Å². The van der Waals surface area contributed by atoms with Crippen LogP contribution < -0.4 is 5.43 Å². The highest BCUT2D eigenvalue weighted by Crippen LogP contribution is 2.20. The zero-order valence-electron chi connectivity index (χ0n) is 9.08. The molecule has 1 aromatic carbocycles. The van der Waals surface area contributed by atoms with Gasteiger partial charge in [-0.1, -0.05) is 12.1 Å². The van der Waals surface area contributed by atoms with E-state index in [2.05, 4.69) is 0 Å². The van der Waals surface area contributed by atoms with Gasteiger partial charge in [-0.05, 0) is 31.5 Å². The lowest BCUT2D eigenvalue weighted by atomic mass is 10.0. The Balaban J connectivity index is 2.65. The molecule has 0 atom stereocenters. The summed E-state index contributed by atoms with van der Waals surface area (Å²) in [6, 6.07) is 7.24. The SMILES string of the molecule is Cc1cc(=O)c(-c2ccc(F)cc2)c(C)o1. The fourth-order valence-electron chi connectivity index (χ4n) is 1.71. The topological polar surface area (TPSA) is 30.2 Å². The van der Waals surface area contributed by atoms with Crippen LogP contribution in [0.5, 0.6) is 0 Å². The van der Waals surface area contributed by atoms with Gasteiger partial charge in [0, 0.05) is 6.07 Å². The molecule has 16 heavy (non-hydrogen) atoms. The zero-order chi connectivity index (χ0) is 11.7. The fraction of sp³-hybridized carbons (Fsp3) is 0.154. The Kier molecular flexibility index (Phi) is 2.60. The third kappa shape index (κ3) is 1.89. The van der Waals surface area contributed by atoms with Gasteiger partial charge in [-0.3, -0.25) is 4.79 Å². The van der Waals surface area contributed by atoms with Crippen molar-refractivity contribution < 1.29 is 8.81 Å². The highest BCUT2D eigenvalue weighted by Gasteiger charge is 2.09. The van der Waals surface area contributed by atoms with Crippen molar-refractivity contribution in [3.8, 4) is 11.1 Å². The number of aryl methyl sites for hydroxylation is 2. The lowest BCUT2D eigenvalue weighted by Gasteiger charge is -2.04. The van der Waals surface area contributed by atoms with Gasteiger partial charge >= 0.3 is 0 Å². The van der Waals surface area contributed by atoms with Gasteiger partial charge in [0.05, 0.1) is 5.56 Å². The summed E-state index contributed by atoms with van der Waals surface area (Å²) >= 11 is 0. The molecule has 1 heterocycles. The van der Waals surface area contributed by atoms with Gasteiger partial charge in [-0.2, -0.15) is 0 Å². The summed E-state index contributed by atoms with van der Waals surface area (Å²) in [6.07, 6.45) is 0. The second kappa shape index (κ2) is 3.93.